The normalized spacial score (nSPS) is 10.2. The Labute approximate surface area is 149 Å². The van der Waals surface area contributed by atoms with Crippen molar-refractivity contribution >= 4 is 29.3 Å². The molecule has 0 unspecified atom stereocenters. The lowest BCUT2D eigenvalue weighted by Gasteiger charge is -2.04. The number of anilines is 1. The van der Waals surface area contributed by atoms with E-state index >= 15 is 0 Å². The second-order valence-electron chi connectivity index (χ2n) is 5.15. The summed E-state index contributed by atoms with van der Waals surface area (Å²) in [5, 5.41) is 11.3. The van der Waals surface area contributed by atoms with Gasteiger partial charge in [0, 0.05) is 11.1 Å². The van der Waals surface area contributed by atoms with E-state index in [9.17, 15) is 9.59 Å². The monoisotopic (exact) mass is 349 g/mol. The van der Waals surface area contributed by atoms with Gasteiger partial charge in [0.1, 0.15) is 5.03 Å². The minimum absolute atomic E-state index is 0.0360. The fourth-order valence-electron chi connectivity index (χ4n) is 2.09. The first-order chi connectivity index (χ1) is 12.2. The first-order valence-electron chi connectivity index (χ1n) is 7.63. The van der Waals surface area contributed by atoms with Crippen LogP contribution in [0, 0.1) is 0 Å². The lowest BCUT2D eigenvalue weighted by Crippen LogP contribution is -2.13. The van der Waals surface area contributed by atoms with Gasteiger partial charge in [-0.15, -0.1) is 10.2 Å². The van der Waals surface area contributed by atoms with E-state index < -0.39 is 0 Å². The van der Waals surface area contributed by atoms with E-state index in [1.807, 2.05) is 24.3 Å². The number of aromatic nitrogens is 2. The summed E-state index contributed by atoms with van der Waals surface area (Å²) in [6.45, 7) is 0. The first-order valence-corrected chi connectivity index (χ1v) is 8.62. The Kier molecular flexibility index (Phi) is 5.53. The molecule has 1 amide bonds. The molecule has 124 valence electrons. The maximum absolute atomic E-state index is 12.1. The van der Waals surface area contributed by atoms with Gasteiger partial charge in [-0.3, -0.25) is 9.59 Å². The predicted molar refractivity (Wildman–Crippen MR) is 97.9 cm³/mol. The molecule has 0 spiro atoms. The number of nitrogens with one attached hydrogen (secondary N) is 1. The average Bonchev–Trinajstić information content (AvgIpc) is 2.68. The highest BCUT2D eigenvalue weighted by atomic mass is 32.2. The van der Waals surface area contributed by atoms with Crippen LogP contribution in [0.1, 0.15) is 20.7 Å². The number of hydrogen-bond donors (Lipinski definition) is 1. The molecule has 3 rings (SSSR count). The third-order valence-corrected chi connectivity index (χ3v) is 4.28. The number of amides is 1. The Morgan fingerprint density at radius 1 is 0.800 bits per heavy atom. The van der Waals surface area contributed by atoms with Gasteiger partial charge in [0.2, 0.25) is 0 Å². The maximum Gasteiger partial charge on any atom is 0.256 e. The highest BCUT2D eigenvalue weighted by Gasteiger charge is 2.09. The highest BCUT2D eigenvalue weighted by molar-refractivity contribution is 7.99. The van der Waals surface area contributed by atoms with Crippen LogP contribution in [0.3, 0.4) is 0 Å². The molecule has 0 aliphatic heterocycles. The zero-order valence-corrected chi connectivity index (χ0v) is 14.1. The zero-order valence-electron chi connectivity index (χ0n) is 13.3. The van der Waals surface area contributed by atoms with Crippen LogP contribution >= 0.6 is 11.8 Å². The molecule has 0 aliphatic carbocycles. The standard InChI is InChI=1S/C19H15N3O2S/c23-16(14-7-3-1-4-8-14)13-25-18-12-11-17(21-22-18)20-19(24)15-9-5-2-6-10-15/h1-12H,13H2,(H,20,21,24). The van der Waals surface area contributed by atoms with Crippen LogP contribution < -0.4 is 5.32 Å². The molecule has 0 radical (unpaired) electrons. The number of Topliss-reactive ketones (excluding diaryl/α,β-unsaturated/α-hetero) is 1. The summed E-state index contributed by atoms with van der Waals surface area (Å²) in [5.74, 6) is 0.449. The minimum Gasteiger partial charge on any atom is -0.305 e. The molecule has 1 N–H and O–H groups in total. The van der Waals surface area contributed by atoms with Crippen molar-refractivity contribution in [1.82, 2.24) is 10.2 Å². The Morgan fingerprint density at radius 2 is 1.44 bits per heavy atom. The molecular weight excluding hydrogens is 334 g/mol. The molecule has 2 aromatic carbocycles. The summed E-state index contributed by atoms with van der Waals surface area (Å²) >= 11 is 1.31. The third kappa shape index (κ3) is 4.74. The Hall–Kier alpha value is -2.99. The predicted octanol–water partition coefficient (Wildman–Crippen LogP) is 3.70. The molecule has 25 heavy (non-hydrogen) atoms. The van der Waals surface area contributed by atoms with Crippen LogP contribution in [-0.2, 0) is 0 Å². The highest BCUT2D eigenvalue weighted by Crippen LogP contribution is 2.17. The van der Waals surface area contributed by atoms with Crippen LogP contribution in [0.5, 0.6) is 0 Å². The van der Waals surface area contributed by atoms with E-state index in [1.54, 1.807) is 48.5 Å². The number of rotatable bonds is 6. The van der Waals surface area contributed by atoms with Crippen molar-refractivity contribution in [1.29, 1.82) is 0 Å². The second kappa shape index (κ2) is 8.21. The van der Waals surface area contributed by atoms with E-state index in [1.165, 1.54) is 11.8 Å². The van der Waals surface area contributed by atoms with Gasteiger partial charge < -0.3 is 5.32 Å². The molecule has 3 aromatic rings. The van der Waals surface area contributed by atoms with E-state index in [4.69, 9.17) is 0 Å². The summed E-state index contributed by atoms with van der Waals surface area (Å²) in [6, 6.07) is 21.4. The second-order valence-corrected chi connectivity index (χ2v) is 6.15. The van der Waals surface area contributed by atoms with E-state index in [0.29, 0.717) is 22.0 Å². The SMILES string of the molecule is O=C(CSc1ccc(NC(=O)c2ccccc2)nn1)c1ccccc1. The number of carbonyl (C=O) groups excluding carboxylic acids is 2. The topological polar surface area (TPSA) is 72.0 Å². The fourth-order valence-corrected chi connectivity index (χ4v) is 2.80. The van der Waals surface area contributed by atoms with Gasteiger partial charge in [-0.25, -0.2) is 0 Å². The lowest BCUT2D eigenvalue weighted by atomic mass is 10.2. The van der Waals surface area contributed by atoms with Crippen LogP contribution in [-0.4, -0.2) is 27.6 Å². The number of benzene rings is 2. The molecule has 0 saturated carbocycles. The minimum atomic E-state index is -0.241. The summed E-state index contributed by atoms with van der Waals surface area (Å²) < 4.78 is 0. The number of ketones is 1. The quantitative estimate of drug-likeness (QED) is 0.543. The summed E-state index contributed by atoms with van der Waals surface area (Å²) in [7, 11) is 0. The van der Waals surface area contributed by atoms with Gasteiger partial charge >= 0.3 is 0 Å². The molecule has 6 heteroatoms. The van der Waals surface area contributed by atoms with Crippen molar-refractivity contribution in [3.8, 4) is 0 Å². The smallest absolute Gasteiger partial charge is 0.256 e. The van der Waals surface area contributed by atoms with Gasteiger partial charge in [-0.05, 0) is 24.3 Å². The van der Waals surface area contributed by atoms with Gasteiger partial charge in [0.05, 0.1) is 5.75 Å². The molecule has 0 saturated heterocycles. The largest absolute Gasteiger partial charge is 0.305 e. The van der Waals surface area contributed by atoms with Crippen molar-refractivity contribution in [2.45, 2.75) is 5.03 Å². The number of hydrogen-bond acceptors (Lipinski definition) is 5. The summed E-state index contributed by atoms with van der Waals surface area (Å²) in [6.07, 6.45) is 0. The lowest BCUT2D eigenvalue weighted by molar-refractivity contribution is 0.101. The van der Waals surface area contributed by atoms with Gasteiger partial charge in [-0.1, -0.05) is 60.3 Å². The molecule has 1 heterocycles. The summed E-state index contributed by atoms with van der Waals surface area (Å²) in [4.78, 5) is 24.1. The van der Waals surface area contributed by atoms with Gasteiger partial charge in [0.25, 0.3) is 5.91 Å². The Balaban J connectivity index is 1.55. The van der Waals surface area contributed by atoms with E-state index in [0.717, 1.165) is 0 Å². The average molecular weight is 349 g/mol. The molecule has 5 nitrogen and oxygen atoms in total. The van der Waals surface area contributed by atoms with Gasteiger partial charge in [-0.2, -0.15) is 0 Å². The molecule has 0 aliphatic rings. The van der Waals surface area contributed by atoms with Crippen LogP contribution in [0.15, 0.2) is 77.8 Å². The van der Waals surface area contributed by atoms with E-state index in [2.05, 4.69) is 15.5 Å². The van der Waals surface area contributed by atoms with Crippen molar-refractivity contribution in [2.75, 3.05) is 11.1 Å². The number of nitrogens with zero attached hydrogens (tertiary/aromatic N) is 2. The molecule has 1 aromatic heterocycles. The molecule has 0 fully saturated rings. The maximum atomic E-state index is 12.1. The van der Waals surface area contributed by atoms with Crippen LogP contribution in [0.25, 0.3) is 0 Å². The van der Waals surface area contributed by atoms with Crippen molar-refractivity contribution < 1.29 is 9.59 Å². The molecular formula is C19H15N3O2S. The van der Waals surface area contributed by atoms with Crippen LogP contribution in [0.2, 0.25) is 0 Å². The Morgan fingerprint density at radius 3 is 2.04 bits per heavy atom. The van der Waals surface area contributed by atoms with Crippen LogP contribution in [0.4, 0.5) is 5.82 Å². The van der Waals surface area contributed by atoms with Crippen molar-refractivity contribution in [3.63, 3.8) is 0 Å². The van der Waals surface area contributed by atoms with E-state index in [-0.39, 0.29) is 17.4 Å². The third-order valence-electron chi connectivity index (χ3n) is 3.36. The zero-order chi connectivity index (χ0) is 17.5. The number of thioether (sulfide) groups is 1. The van der Waals surface area contributed by atoms with Crippen molar-refractivity contribution in [3.05, 3.63) is 83.9 Å². The first kappa shape index (κ1) is 16.9. The molecule has 0 atom stereocenters. The molecule has 0 bridgehead atoms. The van der Waals surface area contributed by atoms with Gasteiger partial charge in [0.15, 0.2) is 11.6 Å². The fraction of sp³-hybridized carbons (Fsp3) is 0.0526. The number of carbonyl (C=O) groups is 2. The summed E-state index contributed by atoms with van der Waals surface area (Å²) in [5.41, 5.74) is 1.23. The van der Waals surface area contributed by atoms with Crippen molar-refractivity contribution in [2.24, 2.45) is 0 Å². The Bertz CT molecular complexity index is 853.